The minimum absolute atomic E-state index is 0.136. The molecule has 7 heteroatoms. The number of hydrogen-bond acceptors (Lipinski definition) is 4. The van der Waals surface area contributed by atoms with Crippen molar-refractivity contribution in [2.24, 2.45) is 0 Å². The summed E-state index contributed by atoms with van der Waals surface area (Å²) in [4.78, 5) is 3.88. The largest absolute Gasteiger partial charge is 0.380 e. The maximum Gasteiger partial charge on any atom is 0.243 e. The van der Waals surface area contributed by atoms with E-state index in [4.69, 9.17) is 16.3 Å². The summed E-state index contributed by atoms with van der Waals surface area (Å²) in [5, 5.41) is 0.157. The molecule has 0 bridgehead atoms. The van der Waals surface area contributed by atoms with Crippen molar-refractivity contribution in [3.05, 3.63) is 23.5 Å². The number of halogens is 1. The molecule has 1 aromatic heterocycles. The molecule has 0 saturated carbocycles. The smallest absolute Gasteiger partial charge is 0.243 e. The molecule has 0 fully saturated rings. The van der Waals surface area contributed by atoms with Gasteiger partial charge in [-0.2, -0.15) is 4.31 Å². The minimum Gasteiger partial charge on any atom is -0.380 e. The van der Waals surface area contributed by atoms with Crippen LogP contribution in [-0.4, -0.2) is 44.5 Å². The van der Waals surface area contributed by atoms with Crippen molar-refractivity contribution >= 4 is 21.6 Å². The Morgan fingerprint density at radius 1 is 1.53 bits per heavy atom. The second kappa shape index (κ2) is 6.30. The van der Waals surface area contributed by atoms with Crippen LogP contribution in [0.5, 0.6) is 0 Å². The Morgan fingerprint density at radius 2 is 2.24 bits per heavy atom. The minimum atomic E-state index is -3.51. The molecule has 0 atom stereocenters. The number of nitrogens with zero attached hydrogens (tertiary/aromatic N) is 2. The topological polar surface area (TPSA) is 59.5 Å². The zero-order valence-electron chi connectivity index (χ0n) is 9.76. The molecular formula is C10H15ClN2O3S. The maximum absolute atomic E-state index is 12.1. The molecule has 0 spiro atoms. The van der Waals surface area contributed by atoms with Gasteiger partial charge >= 0.3 is 0 Å². The molecule has 0 radical (unpaired) electrons. The molecule has 5 nitrogen and oxygen atoms in total. The Balaban J connectivity index is 2.80. The van der Waals surface area contributed by atoms with Crippen molar-refractivity contribution in [1.82, 2.24) is 9.29 Å². The highest BCUT2D eigenvalue weighted by Crippen LogP contribution is 2.16. The summed E-state index contributed by atoms with van der Waals surface area (Å²) < 4.78 is 30.5. The molecule has 0 aliphatic rings. The first-order valence-electron chi connectivity index (χ1n) is 5.14. The van der Waals surface area contributed by atoms with Gasteiger partial charge in [-0.3, -0.25) is 0 Å². The number of ether oxygens (including phenoxy) is 1. The molecule has 0 aliphatic carbocycles. The molecule has 0 saturated heterocycles. The summed E-state index contributed by atoms with van der Waals surface area (Å²) in [5.41, 5.74) is 0. The van der Waals surface area contributed by atoms with Crippen molar-refractivity contribution in [2.75, 3.05) is 26.8 Å². The van der Waals surface area contributed by atoms with Crippen molar-refractivity contribution in [1.29, 1.82) is 0 Å². The van der Waals surface area contributed by atoms with Crippen molar-refractivity contribution in [3.63, 3.8) is 0 Å². The van der Waals surface area contributed by atoms with E-state index in [-0.39, 0.29) is 10.0 Å². The second-order valence-electron chi connectivity index (χ2n) is 3.34. The standard InChI is InChI=1S/C10H15ClN2O3S/c1-3-16-7-6-13(2)17(14,15)9-4-5-12-10(11)8-9/h4-5,8H,3,6-7H2,1-2H3. The lowest BCUT2D eigenvalue weighted by atomic mass is 10.5. The fourth-order valence-electron chi connectivity index (χ4n) is 1.18. The van der Waals surface area contributed by atoms with Gasteiger partial charge in [-0.15, -0.1) is 0 Å². The number of sulfonamides is 1. The van der Waals surface area contributed by atoms with Gasteiger partial charge in [0.25, 0.3) is 0 Å². The van der Waals surface area contributed by atoms with Crippen LogP contribution >= 0.6 is 11.6 Å². The third kappa shape index (κ3) is 3.92. The van der Waals surface area contributed by atoms with Gasteiger partial charge in [0, 0.05) is 26.4 Å². The lowest BCUT2D eigenvalue weighted by Crippen LogP contribution is -2.30. The molecule has 1 heterocycles. The third-order valence-corrected chi connectivity index (χ3v) is 4.22. The monoisotopic (exact) mass is 278 g/mol. The summed E-state index contributed by atoms with van der Waals surface area (Å²) in [5.74, 6) is 0. The van der Waals surface area contributed by atoms with Gasteiger partial charge in [0.15, 0.2) is 0 Å². The van der Waals surface area contributed by atoms with Gasteiger partial charge in [-0.25, -0.2) is 13.4 Å². The second-order valence-corrected chi connectivity index (χ2v) is 5.77. The Kier molecular flexibility index (Phi) is 5.32. The van der Waals surface area contributed by atoms with E-state index in [1.807, 2.05) is 6.92 Å². The Bertz CT molecular complexity index is 464. The number of hydrogen-bond donors (Lipinski definition) is 0. The maximum atomic E-state index is 12.1. The van der Waals surface area contributed by atoms with Crippen molar-refractivity contribution in [2.45, 2.75) is 11.8 Å². The molecular weight excluding hydrogens is 264 g/mol. The number of likely N-dealkylation sites (N-methyl/N-ethyl adjacent to an activating group) is 1. The van der Waals surface area contributed by atoms with Gasteiger partial charge < -0.3 is 4.74 Å². The molecule has 1 aromatic rings. The number of aromatic nitrogens is 1. The van der Waals surface area contributed by atoms with Gasteiger partial charge in [-0.1, -0.05) is 11.6 Å². The predicted octanol–water partition coefficient (Wildman–Crippen LogP) is 1.39. The average Bonchev–Trinajstić information content (AvgIpc) is 2.29. The van der Waals surface area contributed by atoms with E-state index in [1.165, 1.54) is 29.7 Å². The molecule has 1 rings (SSSR count). The van der Waals surface area contributed by atoms with E-state index in [1.54, 1.807) is 0 Å². The van der Waals surface area contributed by atoms with E-state index >= 15 is 0 Å². The molecule has 0 unspecified atom stereocenters. The first-order chi connectivity index (χ1) is 7.98. The quantitative estimate of drug-likeness (QED) is 0.583. The molecule has 0 aliphatic heterocycles. The fraction of sp³-hybridized carbons (Fsp3) is 0.500. The van der Waals surface area contributed by atoms with Crippen LogP contribution in [0.25, 0.3) is 0 Å². The van der Waals surface area contributed by atoms with E-state index in [9.17, 15) is 8.42 Å². The van der Waals surface area contributed by atoms with Gasteiger partial charge in [-0.05, 0) is 19.1 Å². The molecule has 0 aromatic carbocycles. The summed E-state index contributed by atoms with van der Waals surface area (Å²) >= 11 is 5.66. The Morgan fingerprint density at radius 3 is 2.82 bits per heavy atom. The van der Waals surface area contributed by atoms with Crippen LogP contribution in [0.4, 0.5) is 0 Å². The van der Waals surface area contributed by atoms with Crippen molar-refractivity contribution < 1.29 is 13.2 Å². The Labute approximate surface area is 106 Å². The SMILES string of the molecule is CCOCCN(C)S(=O)(=O)c1ccnc(Cl)c1. The zero-order valence-corrected chi connectivity index (χ0v) is 11.3. The zero-order chi connectivity index (χ0) is 12.9. The van der Waals surface area contributed by atoms with E-state index in [2.05, 4.69) is 4.98 Å². The Hall–Kier alpha value is -0.690. The first-order valence-corrected chi connectivity index (χ1v) is 6.96. The van der Waals surface area contributed by atoms with E-state index in [0.717, 1.165) is 0 Å². The number of rotatable bonds is 6. The van der Waals surface area contributed by atoms with E-state index < -0.39 is 10.0 Å². The van der Waals surface area contributed by atoms with Gasteiger partial charge in [0.2, 0.25) is 10.0 Å². The summed E-state index contributed by atoms with van der Waals surface area (Å²) in [6.07, 6.45) is 1.37. The lowest BCUT2D eigenvalue weighted by Gasteiger charge is -2.16. The van der Waals surface area contributed by atoms with Crippen LogP contribution in [0.2, 0.25) is 5.15 Å². The molecule has 17 heavy (non-hydrogen) atoms. The van der Waals surface area contributed by atoms with Crippen LogP contribution in [0, 0.1) is 0 Å². The first kappa shape index (κ1) is 14.4. The normalized spacial score (nSPS) is 12.0. The van der Waals surface area contributed by atoms with Crippen LogP contribution in [0.1, 0.15) is 6.92 Å². The predicted molar refractivity (Wildman–Crippen MR) is 65.6 cm³/mol. The van der Waals surface area contributed by atoms with Gasteiger partial charge in [0.05, 0.1) is 11.5 Å². The summed E-state index contributed by atoms with van der Waals surface area (Å²) in [7, 11) is -2.01. The van der Waals surface area contributed by atoms with Crippen LogP contribution in [-0.2, 0) is 14.8 Å². The highest BCUT2D eigenvalue weighted by atomic mass is 35.5. The summed E-state index contributed by atoms with van der Waals surface area (Å²) in [6, 6.07) is 2.74. The van der Waals surface area contributed by atoms with Crippen LogP contribution in [0.3, 0.4) is 0 Å². The molecule has 0 N–H and O–H groups in total. The fourth-order valence-corrected chi connectivity index (χ4v) is 2.59. The summed E-state index contributed by atoms with van der Waals surface area (Å²) in [6.45, 7) is 3.09. The van der Waals surface area contributed by atoms with E-state index in [0.29, 0.717) is 19.8 Å². The highest BCUT2D eigenvalue weighted by Gasteiger charge is 2.20. The van der Waals surface area contributed by atoms with Gasteiger partial charge in [0.1, 0.15) is 5.15 Å². The van der Waals surface area contributed by atoms with Crippen LogP contribution in [0.15, 0.2) is 23.2 Å². The molecule has 96 valence electrons. The lowest BCUT2D eigenvalue weighted by molar-refractivity contribution is 0.138. The van der Waals surface area contributed by atoms with Crippen molar-refractivity contribution in [3.8, 4) is 0 Å². The average molecular weight is 279 g/mol. The molecule has 0 amide bonds. The number of pyridine rings is 1. The highest BCUT2D eigenvalue weighted by molar-refractivity contribution is 7.89. The third-order valence-electron chi connectivity index (χ3n) is 2.16. The van der Waals surface area contributed by atoms with Crippen LogP contribution < -0.4 is 0 Å².